The summed E-state index contributed by atoms with van der Waals surface area (Å²) in [6, 6.07) is 12.9. The van der Waals surface area contributed by atoms with E-state index in [-0.39, 0.29) is 0 Å². The molecule has 0 saturated carbocycles. The largest absolute Gasteiger partial charge is 0.497 e. The Kier molecular flexibility index (Phi) is 4.16. The van der Waals surface area contributed by atoms with E-state index in [1.807, 2.05) is 12.1 Å². The molecule has 3 nitrogen and oxygen atoms in total. The summed E-state index contributed by atoms with van der Waals surface area (Å²) in [6.07, 6.45) is 4.63. The molecule has 130 valence electrons. The lowest BCUT2D eigenvalue weighted by atomic mass is 9.83. The number of aryl methyl sites for hydroxylation is 2. The Morgan fingerprint density at radius 1 is 1.08 bits per heavy atom. The van der Waals surface area contributed by atoms with Gasteiger partial charge in [-0.2, -0.15) is 0 Å². The fourth-order valence-corrected chi connectivity index (χ4v) is 4.16. The van der Waals surface area contributed by atoms with Crippen LogP contribution in [0.5, 0.6) is 11.5 Å². The first-order chi connectivity index (χ1) is 12.2. The van der Waals surface area contributed by atoms with Crippen LogP contribution in [0.2, 0.25) is 0 Å². The predicted octanol–water partition coefficient (Wildman–Crippen LogP) is 5.16. The minimum absolute atomic E-state index is 0.513. The van der Waals surface area contributed by atoms with E-state index in [1.165, 1.54) is 52.5 Å². The lowest BCUT2D eigenvalue weighted by Crippen LogP contribution is -2.12. The molecule has 2 aromatic carbocycles. The van der Waals surface area contributed by atoms with E-state index in [2.05, 4.69) is 36.2 Å². The number of nitrogens with one attached hydrogen (secondary N) is 1. The van der Waals surface area contributed by atoms with Crippen molar-refractivity contribution in [2.24, 2.45) is 0 Å². The molecule has 0 amide bonds. The second-order valence-electron chi connectivity index (χ2n) is 7.04. The van der Waals surface area contributed by atoms with Gasteiger partial charge in [-0.25, -0.2) is 0 Å². The van der Waals surface area contributed by atoms with Crippen molar-refractivity contribution in [2.45, 2.75) is 38.5 Å². The summed E-state index contributed by atoms with van der Waals surface area (Å²) in [5.41, 5.74) is 6.78. The molecule has 3 aromatic rings. The van der Waals surface area contributed by atoms with Gasteiger partial charge in [0.25, 0.3) is 0 Å². The third kappa shape index (κ3) is 2.88. The highest BCUT2D eigenvalue weighted by molar-refractivity contribution is 5.85. The van der Waals surface area contributed by atoms with Crippen LogP contribution in [0.1, 0.15) is 41.1 Å². The number of benzene rings is 2. The van der Waals surface area contributed by atoms with E-state index in [0.717, 1.165) is 17.9 Å². The van der Waals surface area contributed by atoms with Crippen molar-refractivity contribution in [3.8, 4) is 11.5 Å². The first kappa shape index (κ1) is 16.1. The molecule has 0 radical (unpaired) electrons. The zero-order chi connectivity index (χ0) is 17.4. The average molecular weight is 335 g/mol. The monoisotopic (exact) mass is 335 g/mol. The Bertz CT molecular complexity index is 910. The summed E-state index contributed by atoms with van der Waals surface area (Å²) in [6.45, 7) is 2.17. The first-order valence-corrected chi connectivity index (χ1v) is 9.01. The Morgan fingerprint density at radius 3 is 2.76 bits per heavy atom. The van der Waals surface area contributed by atoms with Crippen LogP contribution in [0.25, 0.3) is 10.9 Å². The molecule has 4 rings (SSSR count). The van der Waals surface area contributed by atoms with Crippen molar-refractivity contribution in [2.75, 3.05) is 14.2 Å². The normalized spacial score (nSPS) is 16.7. The van der Waals surface area contributed by atoms with Crippen LogP contribution in [0.15, 0.2) is 36.4 Å². The van der Waals surface area contributed by atoms with Gasteiger partial charge in [-0.15, -0.1) is 0 Å². The molecule has 1 aliphatic rings. The standard InChI is InChI=1S/C22H25NO2/c1-14-7-10-20-19(11-14)18-6-4-5-16(22(18)23-20)12-15-8-9-17(24-2)13-21(15)25-3/h7-11,13,16,23H,4-6,12H2,1-3H3. The molecule has 3 heteroatoms. The molecule has 1 N–H and O–H groups in total. The van der Waals surface area contributed by atoms with Gasteiger partial charge in [-0.05, 0) is 61.9 Å². The second-order valence-corrected chi connectivity index (χ2v) is 7.04. The molecule has 0 fully saturated rings. The highest BCUT2D eigenvalue weighted by atomic mass is 16.5. The van der Waals surface area contributed by atoms with Gasteiger partial charge in [-0.3, -0.25) is 0 Å². The Labute approximate surface area is 149 Å². The van der Waals surface area contributed by atoms with Crippen molar-refractivity contribution >= 4 is 10.9 Å². The number of rotatable bonds is 4. The van der Waals surface area contributed by atoms with E-state index in [1.54, 1.807) is 14.2 Å². The molecule has 1 unspecified atom stereocenters. The lowest BCUT2D eigenvalue weighted by molar-refractivity contribution is 0.389. The first-order valence-electron chi connectivity index (χ1n) is 9.01. The van der Waals surface area contributed by atoms with Crippen LogP contribution >= 0.6 is 0 Å². The predicted molar refractivity (Wildman–Crippen MR) is 102 cm³/mol. The van der Waals surface area contributed by atoms with E-state index >= 15 is 0 Å². The van der Waals surface area contributed by atoms with Crippen molar-refractivity contribution in [1.29, 1.82) is 0 Å². The number of hydrogen-bond acceptors (Lipinski definition) is 2. The molecule has 1 heterocycles. The summed E-state index contributed by atoms with van der Waals surface area (Å²) in [5.74, 6) is 2.27. The quantitative estimate of drug-likeness (QED) is 0.715. The second kappa shape index (κ2) is 6.47. The summed E-state index contributed by atoms with van der Waals surface area (Å²) < 4.78 is 10.9. The zero-order valence-electron chi connectivity index (χ0n) is 15.2. The number of hydrogen-bond donors (Lipinski definition) is 1. The minimum Gasteiger partial charge on any atom is -0.497 e. The van der Waals surface area contributed by atoms with E-state index in [4.69, 9.17) is 9.47 Å². The number of methoxy groups -OCH3 is 2. The number of aromatic amines is 1. The smallest absolute Gasteiger partial charge is 0.125 e. The highest BCUT2D eigenvalue weighted by Crippen LogP contribution is 2.39. The SMILES string of the molecule is COc1ccc(CC2CCCc3c2[nH]c2ccc(C)cc32)c(OC)c1. The van der Waals surface area contributed by atoms with Crippen molar-refractivity contribution in [3.05, 3.63) is 58.8 Å². The van der Waals surface area contributed by atoms with E-state index in [0.29, 0.717) is 5.92 Å². The molecule has 25 heavy (non-hydrogen) atoms. The average Bonchev–Trinajstić information content (AvgIpc) is 3.01. The van der Waals surface area contributed by atoms with Crippen molar-refractivity contribution in [1.82, 2.24) is 4.98 Å². The van der Waals surface area contributed by atoms with E-state index < -0.39 is 0 Å². The molecular formula is C22H25NO2. The minimum atomic E-state index is 0.513. The van der Waals surface area contributed by atoms with Gasteiger partial charge < -0.3 is 14.5 Å². The fourth-order valence-electron chi connectivity index (χ4n) is 4.16. The summed E-state index contributed by atoms with van der Waals surface area (Å²) in [7, 11) is 3.42. The molecular weight excluding hydrogens is 310 g/mol. The van der Waals surface area contributed by atoms with Crippen molar-refractivity contribution < 1.29 is 9.47 Å². The van der Waals surface area contributed by atoms with Gasteiger partial charge in [0, 0.05) is 28.6 Å². The third-order valence-corrected chi connectivity index (χ3v) is 5.44. The van der Waals surface area contributed by atoms with Gasteiger partial charge in [0.05, 0.1) is 14.2 Å². The van der Waals surface area contributed by atoms with Crippen molar-refractivity contribution in [3.63, 3.8) is 0 Å². The summed E-state index contributed by atoms with van der Waals surface area (Å²) in [4.78, 5) is 3.71. The van der Waals surface area contributed by atoms with Crippen LogP contribution in [-0.4, -0.2) is 19.2 Å². The maximum absolute atomic E-state index is 5.60. The van der Waals surface area contributed by atoms with Crippen LogP contribution in [-0.2, 0) is 12.8 Å². The number of aromatic nitrogens is 1. The third-order valence-electron chi connectivity index (χ3n) is 5.44. The van der Waals surface area contributed by atoms with Gasteiger partial charge >= 0.3 is 0 Å². The molecule has 1 atom stereocenters. The molecule has 0 spiro atoms. The van der Waals surface area contributed by atoms with Crippen LogP contribution in [0.4, 0.5) is 0 Å². The van der Waals surface area contributed by atoms with Crippen LogP contribution in [0, 0.1) is 6.92 Å². The van der Waals surface area contributed by atoms with Gasteiger partial charge in [0.15, 0.2) is 0 Å². The Hall–Kier alpha value is -2.42. The van der Waals surface area contributed by atoms with Crippen LogP contribution in [0.3, 0.4) is 0 Å². The molecule has 0 saturated heterocycles. The summed E-state index contributed by atoms with van der Waals surface area (Å²) >= 11 is 0. The van der Waals surface area contributed by atoms with Gasteiger partial charge in [0.1, 0.15) is 11.5 Å². The number of fused-ring (bicyclic) bond motifs is 3. The molecule has 1 aromatic heterocycles. The lowest BCUT2D eigenvalue weighted by Gasteiger charge is -2.23. The maximum atomic E-state index is 5.60. The van der Waals surface area contributed by atoms with E-state index in [9.17, 15) is 0 Å². The van der Waals surface area contributed by atoms with Crippen LogP contribution < -0.4 is 9.47 Å². The molecule has 1 aliphatic carbocycles. The fraction of sp³-hybridized carbons (Fsp3) is 0.364. The number of H-pyrrole nitrogens is 1. The molecule has 0 aliphatic heterocycles. The Morgan fingerprint density at radius 2 is 1.96 bits per heavy atom. The van der Waals surface area contributed by atoms with Gasteiger partial charge in [-0.1, -0.05) is 17.7 Å². The molecule has 0 bridgehead atoms. The maximum Gasteiger partial charge on any atom is 0.125 e. The number of ether oxygens (including phenoxy) is 2. The summed E-state index contributed by atoms with van der Waals surface area (Å²) in [5, 5.41) is 1.40. The zero-order valence-corrected chi connectivity index (χ0v) is 15.2. The highest BCUT2D eigenvalue weighted by Gasteiger charge is 2.25. The van der Waals surface area contributed by atoms with Gasteiger partial charge in [0.2, 0.25) is 0 Å². The Balaban J connectivity index is 1.71. The topological polar surface area (TPSA) is 34.2 Å².